The average molecular weight is 397 g/mol. The first kappa shape index (κ1) is 21.9. The lowest BCUT2D eigenvalue weighted by atomic mass is 9.90. The first-order chi connectivity index (χ1) is 13.7. The van der Waals surface area contributed by atoms with E-state index in [0.29, 0.717) is 24.3 Å². The summed E-state index contributed by atoms with van der Waals surface area (Å²) in [6.45, 7) is 4.93. The predicted molar refractivity (Wildman–Crippen MR) is 113 cm³/mol. The normalized spacial score (nSPS) is 10.8. The van der Waals surface area contributed by atoms with Crippen LogP contribution >= 0.6 is 0 Å². The van der Waals surface area contributed by atoms with Crippen LogP contribution < -0.4 is 20.7 Å². The van der Waals surface area contributed by atoms with E-state index in [1.54, 1.807) is 45.2 Å². The molecule has 0 aliphatic carbocycles. The van der Waals surface area contributed by atoms with E-state index in [0.717, 1.165) is 11.3 Å². The second-order valence-corrected chi connectivity index (χ2v) is 7.16. The zero-order valence-electron chi connectivity index (χ0n) is 17.2. The third-order valence-corrected chi connectivity index (χ3v) is 4.45. The van der Waals surface area contributed by atoms with Gasteiger partial charge in [-0.3, -0.25) is 14.4 Å². The summed E-state index contributed by atoms with van der Waals surface area (Å²) in [5.74, 6) is -0.254. The maximum atomic E-state index is 12.7. The summed E-state index contributed by atoms with van der Waals surface area (Å²) in [7, 11) is 1.60. The standard InChI is InChI=1S/C22H27N3O4/c1-15(26)24-17-9-7-10-18(14-17)25-21(28)22(2,3)20(27)23-13-12-16-8-5-6-11-19(16)29-4/h5-11,14H,12-13H2,1-4H3,(H,23,27)(H,24,26)(H,25,28). The smallest absolute Gasteiger partial charge is 0.239 e. The molecule has 0 saturated carbocycles. The number of para-hydroxylation sites is 1. The predicted octanol–water partition coefficient (Wildman–Crippen LogP) is 2.98. The molecule has 3 N–H and O–H groups in total. The lowest BCUT2D eigenvalue weighted by Crippen LogP contribution is -2.45. The Hall–Kier alpha value is -3.35. The zero-order chi connectivity index (χ0) is 21.4. The maximum absolute atomic E-state index is 12.7. The van der Waals surface area contributed by atoms with Crippen molar-refractivity contribution in [2.75, 3.05) is 24.3 Å². The monoisotopic (exact) mass is 397 g/mol. The van der Waals surface area contributed by atoms with Crippen molar-refractivity contribution in [2.45, 2.75) is 27.2 Å². The van der Waals surface area contributed by atoms with Gasteiger partial charge in [0.05, 0.1) is 7.11 Å². The van der Waals surface area contributed by atoms with Gasteiger partial charge in [-0.1, -0.05) is 24.3 Å². The molecule has 0 radical (unpaired) electrons. The highest BCUT2D eigenvalue weighted by atomic mass is 16.5. The van der Waals surface area contributed by atoms with Crippen LogP contribution in [-0.4, -0.2) is 31.4 Å². The molecule has 29 heavy (non-hydrogen) atoms. The number of ether oxygens (including phenoxy) is 1. The van der Waals surface area contributed by atoms with Crippen LogP contribution in [0.4, 0.5) is 11.4 Å². The highest BCUT2D eigenvalue weighted by molar-refractivity contribution is 6.10. The Labute approximate surface area is 170 Å². The number of nitrogens with one attached hydrogen (secondary N) is 3. The van der Waals surface area contributed by atoms with Gasteiger partial charge in [0.2, 0.25) is 17.7 Å². The minimum Gasteiger partial charge on any atom is -0.496 e. The van der Waals surface area contributed by atoms with E-state index in [9.17, 15) is 14.4 Å². The third-order valence-electron chi connectivity index (χ3n) is 4.45. The van der Waals surface area contributed by atoms with Crippen LogP contribution in [0, 0.1) is 5.41 Å². The van der Waals surface area contributed by atoms with E-state index in [1.165, 1.54) is 6.92 Å². The van der Waals surface area contributed by atoms with Crippen molar-refractivity contribution in [1.82, 2.24) is 5.32 Å². The van der Waals surface area contributed by atoms with Crippen LogP contribution in [0.1, 0.15) is 26.3 Å². The summed E-state index contributed by atoms with van der Waals surface area (Å²) < 4.78 is 5.31. The largest absolute Gasteiger partial charge is 0.496 e. The molecule has 0 heterocycles. The first-order valence-corrected chi connectivity index (χ1v) is 9.33. The molecule has 0 aliphatic rings. The molecule has 2 aromatic rings. The fourth-order valence-electron chi connectivity index (χ4n) is 2.71. The molecule has 0 saturated heterocycles. The summed E-state index contributed by atoms with van der Waals surface area (Å²) in [4.78, 5) is 36.4. The van der Waals surface area contributed by atoms with Gasteiger partial charge in [-0.15, -0.1) is 0 Å². The van der Waals surface area contributed by atoms with Crippen LogP contribution in [0.25, 0.3) is 0 Å². The second kappa shape index (κ2) is 9.73. The molecule has 2 rings (SSSR count). The average Bonchev–Trinajstić information content (AvgIpc) is 2.67. The number of carbonyl (C=O) groups is 3. The van der Waals surface area contributed by atoms with E-state index in [4.69, 9.17) is 4.74 Å². The van der Waals surface area contributed by atoms with E-state index < -0.39 is 11.3 Å². The molecule has 0 aliphatic heterocycles. The van der Waals surface area contributed by atoms with Crippen molar-refractivity contribution in [3.63, 3.8) is 0 Å². The fraction of sp³-hybridized carbons (Fsp3) is 0.318. The molecule has 0 fully saturated rings. The minimum absolute atomic E-state index is 0.205. The summed E-state index contributed by atoms with van der Waals surface area (Å²) in [6, 6.07) is 14.3. The van der Waals surface area contributed by atoms with Crippen LogP contribution in [0.5, 0.6) is 5.75 Å². The van der Waals surface area contributed by atoms with Gasteiger partial charge in [-0.2, -0.15) is 0 Å². The Bertz CT molecular complexity index is 893. The summed E-state index contributed by atoms with van der Waals surface area (Å²) in [6.07, 6.45) is 0.589. The van der Waals surface area contributed by atoms with Gasteiger partial charge in [-0.05, 0) is 50.1 Å². The number of anilines is 2. The van der Waals surface area contributed by atoms with Crippen LogP contribution in [0.3, 0.4) is 0 Å². The molecule has 7 nitrogen and oxygen atoms in total. The summed E-state index contributed by atoms with van der Waals surface area (Å²) in [5.41, 5.74) is 0.767. The number of hydrogen-bond acceptors (Lipinski definition) is 4. The topological polar surface area (TPSA) is 96.5 Å². The van der Waals surface area contributed by atoms with Crippen molar-refractivity contribution in [1.29, 1.82) is 0 Å². The van der Waals surface area contributed by atoms with Crippen molar-refractivity contribution in [3.8, 4) is 5.75 Å². The van der Waals surface area contributed by atoms with Crippen LogP contribution in [-0.2, 0) is 20.8 Å². The van der Waals surface area contributed by atoms with Crippen LogP contribution in [0.2, 0.25) is 0 Å². The number of methoxy groups -OCH3 is 1. The number of rotatable bonds is 8. The molecular formula is C22H27N3O4. The molecule has 0 bridgehead atoms. The van der Waals surface area contributed by atoms with Gasteiger partial charge in [-0.25, -0.2) is 0 Å². The lowest BCUT2D eigenvalue weighted by molar-refractivity contribution is -0.138. The minimum atomic E-state index is -1.27. The van der Waals surface area contributed by atoms with Gasteiger partial charge < -0.3 is 20.7 Å². The Balaban J connectivity index is 1.95. The van der Waals surface area contributed by atoms with Crippen molar-refractivity contribution in [3.05, 3.63) is 54.1 Å². The van der Waals surface area contributed by atoms with Crippen molar-refractivity contribution >= 4 is 29.1 Å². The number of benzene rings is 2. The van der Waals surface area contributed by atoms with E-state index >= 15 is 0 Å². The van der Waals surface area contributed by atoms with E-state index in [-0.39, 0.29) is 11.8 Å². The molecule has 0 spiro atoms. The Kier molecular flexibility index (Phi) is 7.36. The highest BCUT2D eigenvalue weighted by Crippen LogP contribution is 2.22. The number of amides is 3. The molecule has 2 aromatic carbocycles. The molecule has 0 aromatic heterocycles. The lowest BCUT2D eigenvalue weighted by Gasteiger charge is -2.23. The van der Waals surface area contributed by atoms with Crippen molar-refractivity contribution in [2.24, 2.45) is 5.41 Å². The number of hydrogen-bond donors (Lipinski definition) is 3. The van der Waals surface area contributed by atoms with Gasteiger partial charge >= 0.3 is 0 Å². The van der Waals surface area contributed by atoms with E-state index in [2.05, 4.69) is 16.0 Å². The molecule has 7 heteroatoms. The molecule has 3 amide bonds. The van der Waals surface area contributed by atoms with Gasteiger partial charge in [0.15, 0.2) is 0 Å². The quantitative estimate of drug-likeness (QED) is 0.597. The van der Waals surface area contributed by atoms with Crippen LogP contribution in [0.15, 0.2) is 48.5 Å². The van der Waals surface area contributed by atoms with Gasteiger partial charge in [0, 0.05) is 24.8 Å². The van der Waals surface area contributed by atoms with Gasteiger partial charge in [0.1, 0.15) is 11.2 Å². The zero-order valence-corrected chi connectivity index (χ0v) is 17.2. The Morgan fingerprint density at radius 2 is 1.59 bits per heavy atom. The second-order valence-electron chi connectivity index (χ2n) is 7.16. The molecule has 0 unspecified atom stereocenters. The van der Waals surface area contributed by atoms with Gasteiger partial charge in [0.25, 0.3) is 0 Å². The summed E-state index contributed by atoms with van der Waals surface area (Å²) in [5, 5.41) is 8.20. The SMILES string of the molecule is COc1ccccc1CCNC(=O)C(C)(C)C(=O)Nc1cccc(NC(C)=O)c1. The highest BCUT2D eigenvalue weighted by Gasteiger charge is 2.35. The molecule has 154 valence electrons. The fourth-order valence-corrected chi connectivity index (χ4v) is 2.71. The molecule has 0 atom stereocenters. The number of carbonyl (C=O) groups excluding carboxylic acids is 3. The van der Waals surface area contributed by atoms with Crippen molar-refractivity contribution < 1.29 is 19.1 Å². The maximum Gasteiger partial charge on any atom is 0.239 e. The third kappa shape index (κ3) is 6.07. The summed E-state index contributed by atoms with van der Waals surface area (Å²) >= 11 is 0. The Morgan fingerprint density at radius 3 is 2.24 bits per heavy atom. The van der Waals surface area contributed by atoms with E-state index in [1.807, 2.05) is 24.3 Å². The molecular weight excluding hydrogens is 370 g/mol. The first-order valence-electron chi connectivity index (χ1n) is 9.33. The Morgan fingerprint density at radius 1 is 0.931 bits per heavy atom.